The fourth-order valence-electron chi connectivity index (χ4n) is 6.87. The van der Waals surface area contributed by atoms with E-state index in [1.165, 1.54) is 0 Å². The van der Waals surface area contributed by atoms with E-state index in [1.54, 1.807) is 30.3 Å². The van der Waals surface area contributed by atoms with E-state index in [2.05, 4.69) is 21.3 Å². The lowest BCUT2D eigenvalue weighted by molar-refractivity contribution is -0.142. The van der Waals surface area contributed by atoms with Gasteiger partial charge in [-0.15, -0.1) is 0 Å². The molecule has 9 N–H and O–H groups in total. The highest BCUT2D eigenvalue weighted by Crippen LogP contribution is 2.33. The van der Waals surface area contributed by atoms with Crippen LogP contribution in [-0.4, -0.2) is 70.7 Å². The Hall–Kier alpha value is -5.27. The van der Waals surface area contributed by atoms with Crippen molar-refractivity contribution in [3.05, 3.63) is 71.8 Å². The number of nitrogens with two attached hydrogens (primary N) is 2. The zero-order chi connectivity index (χ0) is 42.1. The average Bonchev–Trinajstić information content (AvgIpc) is 4.01. The van der Waals surface area contributed by atoms with Crippen molar-refractivity contribution in [1.82, 2.24) is 21.3 Å². The standard InChI is InChI=1S/C44H64N6O8/c45-38(51)30-36(43(56)50-37(44(57)58)29-32-21-15-12-16-22-32)48-40(53)24-18-10-8-6-4-2-1-3-5-7-9-17-23-39(52)47-35(28-33-25-26-33)42(55)49-34(41(46)54)27-31-19-13-11-14-20-31/h11-16,19-22,33-37H,1-10,17-18,23-30H2,(H2,45,51)(H2,46,54)(H,47,52)(H,48,53)(H,49,55)(H,50,56)(H,57,58)/t34-,35-,36-,37-/m0/s1. The summed E-state index contributed by atoms with van der Waals surface area (Å²) < 4.78 is 0. The van der Waals surface area contributed by atoms with Crippen molar-refractivity contribution in [3.63, 3.8) is 0 Å². The SMILES string of the molecule is NC(=O)C[C@H](NC(=O)CCCCCCCCCCCCCCC(=O)N[C@@H](CC1CC1)C(=O)N[C@@H](Cc1ccccc1)C(N)=O)C(=O)N[C@@H](Cc1ccccc1)C(=O)O. The van der Waals surface area contributed by atoms with Crippen LogP contribution < -0.4 is 32.7 Å². The van der Waals surface area contributed by atoms with Crippen molar-refractivity contribution in [1.29, 1.82) is 0 Å². The third-order valence-corrected chi connectivity index (χ3v) is 10.4. The summed E-state index contributed by atoms with van der Waals surface area (Å²) in [6, 6.07) is 14.2. The number of amides is 6. The van der Waals surface area contributed by atoms with Crippen molar-refractivity contribution in [2.24, 2.45) is 17.4 Å². The number of rotatable bonds is 31. The zero-order valence-electron chi connectivity index (χ0n) is 33.8. The minimum atomic E-state index is -1.26. The molecule has 1 saturated carbocycles. The van der Waals surface area contributed by atoms with Gasteiger partial charge in [0, 0.05) is 25.7 Å². The van der Waals surface area contributed by atoms with Gasteiger partial charge in [0.25, 0.3) is 0 Å². The van der Waals surface area contributed by atoms with E-state index in [4.69, 9.17) is 11.5 Å². The summed E-state index contributed by atoms with van der Waals surface area (Å²) in [4.78, 5) is 86.8. The summed E-state index contributed by atoms with van der Waals surface area (Å²) in [6.45, 7) is 0. The van der Waals surface area contributed by atoms with Crippen LogP contribution in [0.25, 0.3) is 0 Å². The van der Waals surface area contributed by atoms with Crippen LogP contribution in [0.5, 0.6) is 0 Å². The summed E-state index contributed by atoms with van der Waals surface area (Å²) in [5.74, 6) is -3.91. The topological polar surface area (TPSA) is 240 Å². The normalized spacial score (nSPS) is 14.3. The molecule has 1 fully saturated rings. The Morgan fingerprint density at radius 2 is 0.931 bits per heavy atom. The Bertz CT molecular complexity index is 1600. The highest BCUT2D eigenvalue weighted by atomic mass is 16.4. The molecular formula is C44H64N6O8. The van der Waals surface area contributed by atoms with Crippen LogP contribution in [0.3, 0.4) is 0 Å². The van der Waals surface area contributed by atoms with Crippen LogP contribution in [0.2, 0.25) is 0 Å². The highest BCUT2D eigenvalue weighted by molar-refractivity contribution is 5.94. The molecule has 14 heteroatoms. The Morgan fingerprint density at radius 1 is 0.534 bits per heavy atom. The molecular weight excluding hydrogens is 741 g/mol. The van der Waals surface area contributed by atoms with Gasteiger partial charge in [-0.2, -0.15) is 0 Å². The summed E-state index contributed by atoms with van der Waals surface area (Å²) in [5, 5.41) is 20.3. The summed E-state index contributed by atoms with van der Waals surface area (Å²) in [6.07, 6.45) is 14.9. The minimum absolute atomic E-state index is 0.0482. The lowest BCUT2D eigenvalue weighted by atomic mass is 10.0. The molecule has 0 aliphatic heterocycles. The number of hydrogen-bond acceptors (Lipinski definition) is 7. The summed E-state index contributed by atoms with van der Waals surface area (Å²) in [7, 11) is 0. The van der Waals surface area contributed by atoms with Crippen molar-refractivity contribution in [2.45, 2.75) is 153 Å². The number of aliphatic carboxylic acids is 1. The molecule has 1 aliphatic rings. The van der Waals surface area contributed by atoms with Gasteiger partial charge in [0.2, 0.25) is 35.4 Å². The molecule has 0 radical (unpaired) electrons. The maximum atomic E-state index is 13.1. The summed E-state index contributed by atoms with van der Waals surface area (Å²) in [5.41, 5.74) is 12.5. The molecule has 0 saturated heterocycles. The molecule has 4 atom stereocenters. The van der Waals surface area contributed by atoms with E-state index in [1.807, 2.05) is 30.3 Å². The average molecular weight is 805 g/mol. The Labute approximate surface area is 342 Å². The number of carboxylic acids is 1. The first-order valence-corrected chi connectivity index (χ1v) is 21.0. The fraction of sp³-hybridized carbons (Fsp3) is 0.568. The van der Waals surface area contributed by atoms with Crippen LogP contribution in [0.4, 0.5) is 0 Å². The summed E-state index contributed by atoms with van der Waals surface area (Å²) >= 11 is 0. The van der Waals surface area contributed by atoms with Gasteiger partial charge >= 0.3 is 5.97 Å². The molecule has 3 rings (SSSR count). The van der Waals surface area contributed by atoms with E-state index in [0.29, 0.717) is 31.6 Å². The van der Waals surface area contributed by atoms with Gasteiger partial charge < -0.3 is 37.8 Å². The molecule has 0 aromatic heterocycles. The minimum Gasteiger partial charge on any atom is -0.480 e. The van der Waals surface area contributed by atoms with Crippen LogP contribution in [0, 0.1) is 5.92 Å². The van der Waals surface area contributed by atoms with Gasteiger partial charge in [0.1, 0.15) is 24.2 Å². The van der Waals surface area contributed by atoms with Gasteiger partial charge in [0.15, 0.2) is 0 Å². The maximum Gasteiger partial charge on any atom is 0.326 e. The molecule has 0 bridgehead atoms. The second kappa shape index (κ2) is 26.6. The molecule has 1 aliphatic carbocycles. The fourth-order valence-corrected chi connectivity index (χ4v) is 6.87. The molecule has 0 heterocycles. The van der Waals surface area contributed by atoms with Gasteiger partial charge in [-0.1, -0.05) is 138 Å². The van der Waals surface area contributed by atoms with Crippen LogP contribution in [0.1, 0.15) is 127 Å². The van der Waals surface area contributed by atoms with Crippen LogP contribution in [-0.2, 0) is 46.4 Å². The van der Waals surface area contributed by atoms with Crippen LogP contribution >= 0.6 is 0 Å². The lowest BCUT2D eigenvalue weighted by Crippen LogP contribution is -2.53. The van der Waals surface area contributed by atoms with E-state index in [-0.39, 0.29) is 24.7 Å². The Morgan fingerprint density at radius 3 is 1.34 bits per heavy atom. The van der Waals surface area contributed by atoms with Gasteiger partial charge in [-0.05, 0) is 36.3 Å². The van der Waals surface area contributed by atoms with Gasteiger partial charge in [0.05, 0.1) is 6.42 Å². The smallest absolute Gasteiger partial charge is 0.326 e. The zero-order valence-corrected chi connectivity index (χ0v) is 33.8. The number of carboxylic acid groups (broad SMARTS) is 1. The van der Waals surface area contributed by atoms with Gasteiger partial charge in [-0.25, -0.2) is 4.79 Å². The van der Waals surface area contributed by atoms with Crippen molar-refractivity contribution in [3.8, 4) is 0 Å². The Balaban J connectivity index is 1.21. The predicted octanol–water partition coefficient (Wildman–Crippen LogP) is 4.12. The highest BCUT2D eigenvalue weighted by Gasteiger charge is 2.32. The number of unbranched alkanes of at least 4 members (excludes halogenated alkanes) is 11. The first kappa shape index (κ1) is 47.1. The monoisotopic (exact) mass is 804 g/mol. The number of nitrogens with one attached hydrogen (secondary N) is 4. The molecule has 58 heavy (non-hydrogen) atoms. The predicted molar refractivity (Wildman–Crippen MR) is 221 cm³/mol. The first-order chi connectivity index (χ1) is 27.9. The molecule has 2 aromatic rings. The van der Waals surface area contributed by atoms with Gasteiger partial charge in [-0.3, -0.25) is 28.8 Å². The van der Waals surface area contributed by atoms with Crippen LogP contribution in [0.15, 0.2) is 60.7 Å². The Kier molecular flexibility index (Phi) is 21.6. The molecule has 2 aromatic carbocycles. The molecule has 6 amide bonds. The molecule has 0 unspecified atom stereocenters. The number of carbonyl (C=O) groups excluding carboxylic acids is 6. The lowest BCUT2D eigenvalue weighted by Gasteiger charge is -2.22. The third kappa shape index (κ3) is 20.2. The second-order valence-corrected chi connectivity index (χ2v) is 15.6. The second-order valence-electron chi connectivity index (χ2n) is 15.6. The largest absolute Gasteiger partial charge is 0.480 e. The first-order valence-electron chi connectivity index (χ1n) is 21.0. The number of hydrogen-bond donors (Lipinski definition) is 7. The van der Waals surface area contributed by atoms with Crippen molar-refractivity contribution in [2.75, 3.05) is 0 Å². The number of primary amides is 2. The van der Waals surface area contributed by atoms with E-state index < -0.39 is 60.2 Å². The molecule has 14 nitrogen and oxygen atoms in total. The van der Waals surface area contributed by atoms with E-state index in [9.17, 15) is 38.7 Å². The van der Waals surface area contributed by atoms with E-state index >= 15 is 0 Å². The quantitative estimate of drug-likeness (QED) is 0.0546. The number of carbonyl (C=O) groups is 7. The number of benzene rings is 2. The van der Waals surface area contributed by atoms with Crippen molar-refractivity contribution >= 4 is 41.4 Å². The van der Waals surface area contributed by atoms with E-state index in [0.717, 1.165) is 94.6 Å². The third-order valence-electron chi connectivity index (χ3n) is 10.4. The molecule has 318 valence electrons. The molecule has 0 spiro atoms. The maximum absolute atomic E-state index is 13.1. The van der Waals surface area contributed by atoms with Crippen molar-refractivity contribution < 1.29 is 38.7 Å².